The summed E-state index contributed by atoms with van der Waals surface area (Å²) in [6, 6.07) is 14.1. The summed E-state index contributed by atoms with van der Waals surface area (Å²) < 4.78 is 18.9. The quantitative estimate of drug-likeness (QED) is 0.823. The average Bonchev–Trinajstić information content (AvgIpc) is 2.48. The lowest BCUT2D eigenvalue weighted by atomic mass is 10.2. The predicted molar refractivity (Wildman–Crippen MR) is 82.0 cm³/mol. The number of hydrogen-bond donors (Lipinski definition) is 2. The number of benzene rings is 2. The number of rotatable bonds is 7. The number of anilines is 1. The summed E-state index contributed by atoms with van der Waals surface area (Å²) in [4.78, 5) is 0. The topological polar surface area (TPSA) is 41.5 Å². The molecule has 112 valence electrons. The van der Waals surface area contributed by atoms with E-state index in [2.05, 4.69) is 5.32 Å². The van der Waals surface area contributed by atoms with Crippen molar-refractivity contribution >= 4 is 17.3 Å². The van der Waals surface area contributed by atoms with Crippen molar-refractivity contribution in [2.45, 2.75) is 12.7 Å². The molecule has 0 fully saturated rings. The molecule has 2 N–H and O–H groups in total. The molecule has 2 aromatic carbocycles. The fourth-order valence-corrected chi connectivity index (χ4v) is 2.06. The molecule has 21 heavy (non-hydrogen) atoms. The van der Waals surface area contributed by atoms with Gasteiger partial charge in [-0.05, 0) is 17.7 Å². The third kappa shape index (κ3) is 5.01. The smallest absolute Gasteiger partial charge is 0.147 e. The molecule has 0 heterocycles. The van der Waals surface area contributed by atoms with Crippen LogP contribution in [0, 0.1) is 5.82 Å². The van der Waals surface area contributed by atoms with Crippen molar-refractivity contribution in [2.75, 3.05) is 18.5 Å². The third-order valence-corrected chi connectivity index (χ3v) is 3.21. The van der Waals surface area contributed by atoms with Crippen molar-refractivity contribution in [3.8, 4) is 0 Å². The molecule has 2 aromatic rings. The van der Waals surface area contributed by atoms with E-state index in [-0.39, 0.29) is 23.9 Å². The molecule has 0 amide bonds. The zero-order valence-electron chi connectivity index (χ0n) is 11.4. The number of halogens is 2. The van der Waals surface area contributed by atoms with Crippen molar-refractivity contribution in [3.63, 3.8) is 0 Å². The number of ether oxygens (including phenoxy) is 1. The van der Waals surface area contributed by atoms with Crippen LogP contribution in [0.25, 0.3) is 0 Å². The number of nitrogens with one attached hydrogen (secondary N) is 1. The highest BCUT2D eigenvalue weighted by Gasteiger charge is 2.09. The Hall–Kier alpha value is -1.62. The molecule has 0 aliphatic heterocycles. The van der Waals surface area contributed by atoms with Crippen LogP contribution in [-0.2, 0) is 11.3 Å². The number of aliphatic hydroxyl groups is 1. The van der Waals surface area contributed by atoms with Gasteiger partial charge in [-0.15, -0.1) is 0 Å². The average molecular weight is 310 g/mol. The van der Waals surface area contributed by atoms with Gasteiger partial charge >= 0.3 is 0 Å². The van der Waals surface area contributed by atoms with Gasteiger partial charge in [0.2, 0.25) is 0 Å². The molecule has 0 radical (unpaired) electrons. The zero-order valence-corrected chi connectivity index (χ0v) is 12.2. The fourth-order valence-electron chi connectivity index (χ4n) is 1.83. The molecule has 5 heteroatoms. The normalized spacial score (nSPS) is 12.1. The van der Waals surface area contributed by atoms with Crippen LogP contribution in [-0.4, -0.2) is 24.4 Å². The van der Waals surface area contributed by atoms with Crippen molar-refractivity contribution in [3.05, 3.63) is 64.9 Å². The summed E-state index contributed by atoms with van der Waals surface area (Å²) in [5.41, 5.74) is 1.23. The number of para-hydroxylation sites is 1. The van der Waals surface area contributed by atoms with Crippen LogP contribution in [0.3, 0.4) is 0 Å². The second-order valence-corrected chi connectivity index (χ2v) is 5.04. The summed E-state index contributed by atoms with van der Waals surface area (Å²) in [6.45, 7) is 0.752. The first kappa shape index (κ1) is 15.8. The van der Waals surface area contributed by atoms with Crippen LogP contribution >= 0.6 is 11.6 Å². The summed E-state index contributed by atoms with van der Waals surface area (Å²) >= 11 is 5.88. The van der Waals surface area contributed by atoms with Crippen molar-refractivity contribution < 1.29 is 14.2 Å². The first-order valence-corrected chi connectivity index (χ1v) is 7.02. The highest BCUT2D eigenvalue weighted by atomic mass is 35.5. The summed E-state index contributed by atoms with van der Waals surface area (Å²) in [5, 5.41) is 12.9. The van der Waals surface area contributed by atoms with Gasteiger partial charge in [-0.2, -0.15) is 0 Å². The molecule has 0 aromatic heterocycles. The third-order valence-electron chi connectivity index (χ3n) is 2.90. The molecular weight excluding hydrogens is 293 g/mol. The molecule has 0 aliphatic rings. The van der Waals surface area contributed by atoms with Gasteiger partial charge in [0.25, 0.3) is 0 Å². The van der Waals surface area contributed by atoms with Crippen LogP contribution in [0.5, 0.6) is 0 Å². The maximum atomic E-state index is 13.5. The summed E-state index contributed by atoms with van der Waals surface area (Å²) in [5.74, 6) is -0.445. The second kappa shape index (κ2) is 7.98. The van der Waals surface area contributed by atoms with E-state index in [9.17, 15) is 9.50 Å². The van der Waals surface area contributed by atoms with Gasteiger partial charge in [-0.3, -0.25) is 0 Å². The highest BCUT2D eigenvalue weighted by Crippen LogP contribution is 2.24. The minimum absolute atomic E-state index is 0.161. The van der Waals surface area contributed by atoms with Crippen LogP contribution in [0.4, 0.5) is 10.1 Å². The second-order valence-electron chi connectivity index (χ2n) is 4.63. The molecule has 0 spiro atoms. The standard InChI is InChI=1S/C16H17ClFNO2/c17-14-7-4-8-15(18)16(14)19-9-13(20)11-21-10-12-5-2-1-3-6-12/h1-8,13,19-20H,9-11H2. The van der Waals surface area contributed by atoms with E-state index >= 15 is 0 Å². The Morgan fingerprint density at radius 1 is 1.14 bits per heavy atom. The van der Waals surface area contributed by atoms with Crippen LogP contribution in [0.2, 0.25) is 5.02 Å². The largest absolute Gasteiger partial charge is 0.389 e. The molecule has 0 bridgehead atoms. The predicted octanol–water partition coefficient (Wildman–Crippen LogP) is 3.47. The number of aliphatic hydroxyl groups excluding tert-OH is 1. The van der Waals surface area contributed by atoms with Gasteiger partial charge in [0, 0.05) is 6.54 Å². The van der Waals surface area contributed by atoms with E-state index in [4.69, 9.17) is 16.3 Å². The Labute approximate surface area is 128 Å². The van der Waals surface area contributed by atoms with Gasteiger partial charge in [0.1, 0.15) is 5.82 Å². The molecule has 2 rings (SSSR count). The van der Waals surface area contributed by atoms with Gasteiger partial charge in [0.05, 0.1) is 30.0 Å². The number of hydrogen-bond acceptors (Lipinski definition) is 3. The van der Waals surface area contributed by atoms with Gasteiger partial charge in [-0.1, -0.05) is 48.0 Å². The fraction of sp³-hybridized carbons (Fsp3) is 0.250. The van der Waals surface area contributed by atoms with Crippen LogP contribution < -0.4 is 5.32 Å². The molecule has 0 saturated carbocycles. The Morgan fingerprint density at radius 2 is 1.90 bits per heavy atom. The molecule has 3 nitrogen and oxygen atoms in total. The minimum atomic E-state index is -0.746. The van der Waals surface area contributed by atoms with Crippen LogP contribution in [0.1, 0.15) is 5.56 Å². The summed E-state index contributed by atoms with van der Waals surface area (Å²) in [7, 11) is 0. The lowest BCUT2D eigenvalue weighted by Gasteiger charge is -2.14. The Bertz CT molecular complexity index is 545. The molecular formula is C16H17ClFNO2. The van der Waals surface area contributed by atoms with Gasteiger partial charge < -0.3 is 15.2 Å². The van der Waals surface area contributed by atoms with E-state index in [1.54, 1.807) is 6.07 Å². The Balaban J connectivity index is 1.74. The van der Waals surface area contributed by atoms with E-state index in [0.717, 1.165) is 5.56 Å². The molecule has 0 saturated heterocycles. The maximum absolute atomic E-state index is 13.5. The Kier molecular flexibility index (Phi) is 5.99. The molecule has 1 unspecified atom stereocenters. The first-order chi connectivity index (χ1) is 10.2. The SMILES string of the molecule is OC(CNc1c(F)cccc1Cl)COCc1ccccc1. The van der Waals surface area contributed by atoms with Crippen molar-refractivity contribution in [1.29, 1.82) is 0 Å². The molecule has 0 aliphatic carbocycles. The highest BCUT2D eigenvalue weighted by molar-refractivity contribution is 6.33. The van der Waals surface area contributed by atoms with Gasteiger partial charge in [0.15, 0.2) is 0 Å². The van der Waals surface area contributed by atoms with E-state index in [1.165, 1.54) is 12.1 Å². The van der Waals surface area contributed by atoms with Gasteiger partial charge in [-0.25, -0.2) is 4.39 Å². The molecule has 1 atom stereocenters. The van der Waals surface area contributed by atoms with Crippen molar-refractivity contribution in [1.82, 2.24) is 0 Å². The van der Waals surface area contributed by atoms with E-state index in [1.807, 2.05) is 30.3 Å². The lowest BCUT2D eigenvalue weighted by molar-refractivity contribution is 0.0348. The monoisotopic (exact) mass is 309 g/mol. The minimum Gasteiger partial charge on any atom is -0.389 e. The van der Waals surface area contributed by atoms with Crippen molar-refractivity contribution in [2.24, 2.45) is 0 Å². The Morgan fingerprint density at radius 3 is 2.62 bits per heavy atom. The summed E-state index contributed by atoms with van der Waals surface area (Å²) in [6.07, 6.45) is -0.746. The maximum Gasteiger partial charge on any atom is 0.147 e. The first-order valence-electron chi connectivity index (χ1n) is 6.64. The lowest BCUT2D eigenvalue weighted by Crippen LogP contribution is -2.25. The van der Waals surface area contributed by atoms with Crippen LogP contribution in [0.15, 0.2) is 48.5 Å². The van der Waals surface area contributed by atoms with E-state index < -0.39 is 11.9 Å². The zero-order chi connectivity index (χ0) is 15.1. The van der Waals surface area contributed by atoms with E-state index in [0.29, 0.717) is 6.61 Å².